The van der Waals surface area contributed by atoms with Crippen LogP contribution in [0.5, 0.6) is 5.75 Å². The van der Waals surface area contributed by atoms with Crippen LogP contribution in [0, 0.1) is 0 Å². The predicted molar refractivity (Wildman–Crippen MR) is 121 cm³/mol. The quantitative estimate of drug-likeness (QED) is 0.630. The fourth-order valence-electron chi connectivity index (χ4n) is 4.44. The van der Waals surface area contributed by atoms with Gasteiger partial charge in [0, 0.05) is 41.2 Å². The summed E-state index contributed by atoms with van der Waals surface area (Å²) >= 11 is 0. The van der Waals surface area contributed by atoms with Gasteiger partial charge in [0.25, 0.3) is 0 Å². The van der Waals surface area contributed by atoms with Crippen molar-refractivity contribution in [3.8, 4) is 17.0 Å². The number of anilines is 1. The van der Waals surface area contributed by atoms with Crippen molar-refractivity contribution in [1.82, 2.24) is 15.1 Å². The van der Waals surface area contributed by atoms with Gasteiger partial charge in [0.05, 0.1) is 4.90 Å². The van der Waals surface area contributed by atoms with Crippen LogP contribution < -0.4 is 5.32 Å². The molecule has 1 aliphatic carbocycles. The second kappa shape index (κ2) is 7.76. The van der Waals surface area contributed by atoms with Gasteiger partial charge in [0.1, 0.15) is 11.4 Å². The fraction of sp³-hybridized carbons (Fsp3) is 0.391. The Kier molecular flexibility index (Phi) is 5.06. The zero-order valence-corrected chi connectivity index (χ0v) is 18.3. The van der Waals surface area contributed by atoms with Gasteiger partial charge in [-0.25, -0.2) is 8.42 Å². The molecule has 1 aromatic heterocycles. The number of nitrogens with zero attached hydrogens (tertiary/aromatic N) is 3. The van der Waals surface area contributed by atoms with Crippen LogP contribution in [-0.4, -0.2) is 60.1 Å². The van der Waals surface area contributed by atoms with E-state index in [4.69, 9.17) is 0 Å². The number of sulfone groups is 1. The van der Waals surface area contributed by atoms with E-state index in [1.165, 1.54) is 37.9 Å². The maximum absolute atomic E-state index is 11.8. The SMILES string of the molecule is CS(=O)(=O)c1ccc(-c2nnc(N[C@@H]3CCCN(C4CC4)C3)c3ccccc23)c(O)c1. The van der Waals surface area contributed by atoms with Crippen molar-refractivity contribution in [1.29, 1.82) is 0 Å². The summed E-state index contributed by atoms with van der Waals surface area (Å²) in [6, 6.07) is 13.3. The number of rotatable bonds is 5. The average molecular weight is 439 g/mol. The zero-order valence-electron chi connectivity index (χ0n) is 17.5. The number of nitrogens with one attached hydrogen (secondary N) is 1. The van der Waals surface area contributed by atoms with E-state index in [1.54, 1.807) is 6.07 Å². The van der Waals surface area contributed by atoms with Crippen LogP contribution >= 0.6 is 0 Å². The largest absolute Gasteiger partial charge is 0.507 e. The lowest BCUT2D eigenvalue weighted by Crippen LogP contribution is -2.43. The van der Waals surface area contributed by atoms with Gasteiger partial charge >= 0.3 is 0 Å². The Hall–Kier alpha value is -2.71. The normalized spacial score (nSPS) is 20.1. The third-order valence-electron chi connectivity index (χ3n) is 6.20. The predicted octanol–water partition coefficient (Wildman–Crippen LogP) is 3.44. The Labute approximate surface area is 182 Å². The highest BCUT2D eigenvalue weighted by Gasteiger charge is 2.32. The highest BCUT2D eigenvalue weighted by atomic mass is 32.2. The molecule has 5 rings (SSSR count). The number of phenolic OH excluding ortho intramolecular Hbond substituents is 1. The lowest BCUT2D eigenvalue weighted by Gasteiger charge is -2.33. The molecule has 31 heavy (non-hydrogen) atoms. The van der Waals surface area contributed by atoms with Gasteiger partial charge in [-0.15, -0.1) is 10.2 Å². The van der Waals surface area contributed by atoms with E-state index in [0.29, 0.717) is 17.3 Å². The van der Waals surface area contributed by atoms with Crippen LogP contribution in [0.4, 0.5) is 5.82 Å². The minimum absolute atomic E-state index is 0.0711. The zero-order chi connectivity index (χ0) is 21.6. The molecule has 3 aromatic rings. The Morgan fingerprint density at radius 1 is 1.06 bits per heavy atom. The molecule has 0 amide bonds. The minimum Gasteiger partial charge on any atom is -0.507 e. The second-order valence-electron chi connectivity index (χ2n) is 8.60. The van der Waals surface area contributed by atoms with Gasteiger partial charge in [-0.05, 0) is 50.4 Å². The molecular weight excluding hydrogens is 412 g/mol. The summed E-state index contributed by atoms with van der Waals surface area (Å²) in [6.45, 7) is 2.20. The molecule has 1 saturated carbocycles. The average Bonchev–Trinajstić information content (AvgIpc) is 3.59. The Bertz CT molecular complexity index is 1240. The van der Waals surface area contributed by atoms with Crippen molar-refractivity contribution >= 4 is 26.4 Å². The van der Waals surface area contributed by atoms with Gasteiger partial charge in [-0.3, -0.25) is 4.90 Å². The van der Waals surface area contributed by atoms with E-state index >= 15 is 0 Å². The third kappa shape index (κ3) is 4.09. The summed E-state index contributed by atoms with van der Waals surface area (Å²) in [7, 11) is -3.41. The van der Waals surface area contributed by atoms with Crippen LogP contribution in [0.2, 0.25) is 0 Å². The second-order valence-corrected chi connectivity index (χ2v) is 10.6. The van der Waals surface area contributed by atoms with Crippen LogP contribution in [0.15, 0.2) is 47.4 Å². The molecule has 2 aromatic carbocycles. The van der Waals surface area contributed by atoms with E-state index in [2.05, 4.69) is 20.4 Å². The number of likely N-dealkylation sites (tertiary alicyclic amines) is 1. The molecule has 2 fully saturated rings. The molecule has 0 radical (unpaired) electrons. The summed E-state index contributed by atoms with van der Waals surface area (Å²) in [4.78, 5) is 2.65. The molecule has 1 aliphatic heterocycles. The van der Waals surface area contributed by atoms with Crippen LogP contribution in [-0.2, 0) is 9.84 Å². The summed E-state index contributed by atoms with van der Waals surface area (Å²) in [5.41, 5.74) is 0.988. The van der Waals surface area contributed by atoms with Crippen molar-refractivity contribution in [2.45, 2.75) is 42.7 Å². The van der Waals surface area contributed by atoms with E-state index in [1.807, 2.05) is 24.3 Å². The standard InChI is InChI=1S/C23H26N4O3S/c1-31(29,30)17-10-11-20(21(28)13-17)22-18-6-2-3-7-19(18)23(26-25-22)24-15-5-4-12-27(14-15)16-8-9-16/h2-3,6-7,10-11,13,15-16,28H,4-5,8-9,12,14H2,1H3,(H,24,26)/t15-/m1/s1. The number of aromatic hydroxyl groups is 1. The highest BCUT2D eigenvalue weighted by molar-refractivity contribution is 7.90. The number of piperidine rings is 1. The summed E-state index contributed by atoms with van der Waals surface area (Å²) in [6.07, 6.45) is 6.02. The Morgan fingerprint density at radius 2 is 1.84 bits per heavy atom. The van der Waals surface area contributed by atoms with E-state index in [-0.39, 0.29) is 10.6 Å². The molecule has 1 atom stereocenters. The van der Waals surface area contributed by atoms with Crippen LogP contribution in [0.25, 0.3) is 22.0 Å². The van der Waals surface area contributed by atoms with Gasteiger partial charge in [0.2, 0.25) is 0 Å². The highest BCUT2D eigenvalue weighted by Crippen LogP contribution is 2.36. The van der Waals surface area contributed by atoms with Gasteiger partial charge in [-0.2, -0.15) is 0 Å². The molecule has 2 aliphatic rings. The lowest BCUT2D eigenvalue weighted by atomic mass is 10.0. The van der Waals surface area contributed by atoms with Crippen LogP contribution in [0.3, 0.4) is 0 Å². The molecule has 2 heterocycles. The molecule has 0 spiro atoms. The number of benzene rings is 2. The van der Waals surface area contributed by atoms with Crippen molar-refractivity contribution in [3.63, 3.8) is 0 Å². The fourth-order valence-corrected chi connectivity index (χ4v) is 5.08. The summed E-state index contributed by atoms with van der Waals surface area (Å²) in [5.74, 6) is 0.615. The molecular formula is C23H26N4O3S. The van der Waals surface area contributed by atoms with E-state index in [0.717, 1.165) is 41.9 Å². The van der Waals surface area contributed by atoms with Gasteiger partial charge < -0.3 is 10.4 Å². The molecule has 7 nitrogen and oxygen atoms in total. The summed E-state index contributed by atoms with van der Waals surface area (Å²) in [5, 5.41) is 24.8. The number of aromatic nitrogens is 2. The number of hydrogen-bond acceptors (Lipinski definition) is 7. The minimum atomic E-state index is -3.41. The maximum atomic E-state index is 11.8. The number of hydrogen-bond donors (Lipinski definition) is 2. The first-order chi connectivity index (χ1) is 14.9. The molecule has 162 valence electrons. The van der Waals surface area contributed by atoms with Crippen molar-refractivity contribution in [2.75, 3.05) is 24.7 Å². The molecule has 0 bridgehead atoms. The Balaban J connectivity index is 1.49. The van der Waals surface area contributed by atoms with Crippen molar-refractivity contribution in [3.05, 3.63) is 42.5 Å². The molecule has 0 unspecified atom stereocenters. The van der Waals surface area contributed by atoms with E-state index < -0.39 is 9.84 Å². The molecule has 2 N–H and O–H groups in total. The number of fused-ring (bicyclic) bond motifs is 1. The van der Waals surface area contributed by atoms with Crippen LogP contribution in [0.1, 0.15) is 25.7 Å². The topological polar surface area (TPSA) is 95.4 Å². The van der Waals surface area contributed by atoms with Gasteiger partial charge in [0.15, 0.2) is 15.7 Å². The first-order valence-corrected chi connectivity index (χ1v) is 12.6. The number of phenols is 1. The first kappa shape index (κ1) is 20.2. The summed E-state index contributed by atoms with van der Waals surface area (Å²) < 4.78 is 23.6. The third-order valence-corrected chi connectivity index (χ3v) is 7.31. The van der Waals surface area contributed by atoms with Crippen molar-refractivity contribution in [2.24, 2.45) is 0 Å². The smallest absolute Gasteiger partial charge is 0.175 e. The van der Waals surface area contributed by atoms with Crippen molar-refractivity contribution < 1.29 is 13.5 Å². The van der Waals surface area contributed by atoms with E-state index in [9.17, 15) is 13.5 Å². The molecule has 8 heteroatoms. The lowest BCUT2D eigenvalue weighted by molar-refractivity contribution is 0.207. The Morgan fingerprint density at radius 3 is 2.55 bits per heavy atom. The molecule has 1 saturated heterocycles. The maximum Gasteiger partial charge on any atom is 0.175 e. The van der Waals surface area contributed by atoms with Gasteiger partial charge in [-0.1, -0.05) is 24.3 Å². The first-order valence-electron chi connectivity index (χ1n) is 10.7. The monoisotopic (exact) mass is 438 g/mol.